The van der Waals surface area contributed by atoms with Crippen molar-refractivity contribution in [3.63, 3.8) is 0 Å². The highest BCUT2D eigenvalue weighted by atomic mass is 16.6. The van der Waals surface area contributed by atoms with Gasteiger partial charge in [-0.2, -0.15) is 0 Å². The number of ether oxygens (including phenoxy) is 1. The molecule has 0 amide bonds. The van der Waals surface area contributed by atoms with Gasteiger partial charge in [-0.15, -0.1) is 0 Å². The molecule has 0 spiro atoms. The molecule has 0 aromatic heterocycles. The minimum Gasteiger partial charge on any atom is -0.460 e. The Morgan fingerprint density at radius 3 is 2.50 bits per heavy atom. The molecule has 1 radical (unpaired) electrons. The van der Waals surface area contributed by atoms with E-state index in [1.54, 1.807) is 13.8 Å². The van der Waals surface area contributed by atoms with Crippen molar-refractivity contribution in [1.82, 2.24) is 0 Å². The van der Waals surface area contributed by atoms with Crippen LogP contribution in [0.3, 0.4) is 0 Å². The molecule has 0 aromatic carbocycles. The normalized spacial score (nSPS) is 11.3. The summed E-state index contributed by atoms with van der Waals surface area (Å²) < 4.78 is 5.00. The van der Waals surface area contributed by atoms with E-state index < -0.39 is 5.60 Å². The first kappa shape index (κ1) is 11.4. The number of carbonyl (C=O) groups excluding carboxylic acids is 1. The SMILES string of the molecule is CC(C)(CC[O])OC(=O)CCN. The molecular formula is C8H16NO3. The molecular weight excluding hydrogens is 158 g/mol. The maximum atomic E-state index is 10.9. The highest BCUT2D eigenvalue weighted by Crippen LogP contribution is 2.14. The van der Waals surface area contributed by atoms with Crippen LogP contribution in [0.2, 0.25) is 0 Å². The fourth-order valence-electron chi connectivity index (χ4n) is 0.774. The molecule has 0 aliphatic rings. The Morgan fingerprint density at radius 1 is 1.50 bits per heavy atom. The summed E-state index contributed by atoms with van der Waals surface area (Å²) in [5.74, 6) is -0.337. The second kappa shape index (κ2) is 5.11. The molecule has 0 aromatic rings. The minimum atomic E-state index is -0.645. The van der Waals surface area contributed by atoms with Crippen molar-refractivity contribution in [3.05, 3.63) is 0 Å². The van der Waals surface area contributed by atoms with Crippen LogP contribution < -0.4 is 5.73 Å². The quantitative estimate of drug-likeness (QED) is 0.616. The molecule has 0 unspecified atom stereocenters. The molecule has 0 saturated carbocycles. The minimum absolute atomic E-state index is 0.211. The number of rotatable bonds is 5. The molecule has 0 atom stereocenters. The summed E-state index contributed by atoms with van der Waals surface area (Å²) in [7, 11) is 0. The van der Waals surface area contributed by atoms with Gasteiger partial charge in [-0.25, -0.2) is 5.11 Å². The zero-order chi connectivity index (χ0) is 9.61. The predicted molar refractivity (Wildman–Crippen MR) is 44.0 cm³/mol. The van der Waals surface area contributed by atoms with Gasteiger partial charge in [0.25, 0.3) is 0 Å². The molecule has 0 aliphatic heterocycles. The molecule has 12 heavy (non-hydrogen) atoms. The number of esters is 1. The van der Waals surface area contributed by atoms with E-state index in [0.29, 0.717) is 6.42 Å². The maximum Gasteiger partial charge on any atom is 0.307 e. The first-order chi connectivity index (χ1) is 5.52. The summed E-state index contributed by atoms with van der Waals surface area (Å²) in [6.45, 7) is 3.49. The second-order valence-corrected chi connectivity index (χ2v) is 3.23. The lowest BCUT2D eigenvalue weighted by atomic mass is 10.1. The topological polar surface area (TPSA) is 72.2 Å². The van der Waals surface area contributed by atoms with Crippen molar-refractivity contribution in [2.75, 3.05) is 13.2 Å². The number of carbonyl (C=O) groups is 1. The lowest BCUT2D eigenvalue weighted by molar-refractivity contribution is -0.157. The van der Waals surface area contributed by atoms with Crippen LogP contribution in [-0.2, 0) is 14.6 Å². The van der Waals surface area contributed by atoms with Crippen LogP contribution >= 0.6 is 0 Å². The average Bonchev–Trinajstić information content (AvgIpc) is 1.85. The molecule has 0 aliphatic carbocycles. The van der Waals surface area contributed by atoms with Gasteiger partial charge in [-0.05, 0) is 13.8 Å². The van der Waals surface area contributed by atoms with Gasteiger partial charge >= 0.3 is 5.97 Å². The van der Waals surface area contributed by atoms with Crippen LogP contribution in [-0.4, -0.2) is 24.7 Å². The second-order valence-electron chi connectivity index (χ2n) is 3.23. The van der Waals surface area contributed by atoms with E-state index in [1.165, 1.54) is 0 Å². The summed E-state index contributed by atoms with van der Waals surface area (Å²) in [5, 5.41) is 10.3. The smallest absolute Gasteiger partial charge is 0.307 e. The van der Waals surface area contributed by atoms with Gasteiger partial charge in [-0.1, -0.05) is 0 Å². The van der Waals surface area contributed by atoms with Crippen molar-refractivity contribution < 1.29 is 14.6 Å². The van der Waals surface area contributed by atoms with E-state index in [9.17, 15) is 9.90 Å². The van der Waals surface area contributed by atoms with Gasteiger partial charge in [0, 0.05) is 13.0 Å². The Bertz CT molecular complexity index is 145. The van der Waals surface area contributed by atoms with Gasteiger partial charge < -0.3 is 10.5 Å². The van der Waals surface area contributed by atoms with Crippen molar-refractivity contribution in [2.45, 2.75) is 32.3 Å². The van der Waals surface area contributed by atoms with Crippen molar-refractivity contribution in [3.8, 4) is 0 Å². The highest BCUT2D eigenvalue weighted by Gasteiger charge is 2.21. The fourth-order valence-corrected chi connectivity index (χ4v) is 0.774. The van der Waals surface area contributed by atoms with Crippen LogP contribution in [0.1, 0.15) is 26.7 Å². The Hall–Kier alpha value is -0.610. The number of hydrogen-bond donors (Lipinski definition) is 1. The van der Waals surface area contributed by atoms with E-state index in [0.717, 1.165) is 0 Å². The van der Waals surface area contributed by atoms with Gasteiger partial charge in [-0.3, -0.25) is 4.79 Å². The summed E-state index contributed by atoms with van der Waals surface area (Å²) in [5.41, 5.74) is 4.51. The first-order valence-electron chi connectivity index (χ1n) is 4.02. The average molecular weight is 174 g/mol. The molecule has 0 fully saturated rings. The summed E-state index contributed by atoms with van der Waals surface area (Å²) in [6.07, 6.45) is 0.547. The lowest BCUT2D eigenvalue weighted by Gasteiger charge is -2.23. The zero-order valence-electron chi connectivity index (χ0n) is 7.63. The Labute approximate surface area is 72.7 Å². The van der Waals surface area contributed by atoms with E-state index in [2.05, 4.69) is 0 Å². The van der Waals surface area contributed by atoms with Crippen LogP contribution in [0.5, 0.6) is 0 Å². The van der Waals surface area contributed by atoms with E-state index in [-0.39, 0.29) is 25.5 Å². The van der Waals surface area contributed by atoms with Crippen LogP contribution in [0.25, 0.3) is 0 Å². The molecule has 4 heteroatoms. The molecule has 2 N–H and O–H groups in total. The van der Waals surface area contributed by atoms with Crippen LogP contribution in [0.15, 0.2) is 0 Å². The largest absolute Gasteiger partial charge is 0.460 e. The third kappa shape index (κ3) is 5.09. The van der Waals surface area contributed by atoms with Crippen LogP contribution in [0, 0.1) is 0 Å². The molecule has 0 rings (SSSR count). The predicted octanol–water partition coefficient (Wildman–Crippen LogP) is 0.478. The monoisotopic (exact) mass is 174 g/mol. The Kier molecular flexibility index (Phi) is 4.85. The van der Waals surface area contributed by atoms with Crippen LogP contribution in [0.4, 0.5) is 0 Å². The van der Waals surface area contributed by atoms with E-state index in [1.807, 2.05) is 0 Å². The van der Waals surface area contributed by atoms with Crippen molar-refractivity contribution >= 4 is 5.97 Å². The summed E-state index contributed by atoms with van der Waals surface area (Å²) in [6, 6.07) is 0. The van der Waals surface area contributed by atoms with Gasteiger partial charge in [0.1, 0.15) is 5.60 Å². The summed E-state index contributed by atoms with van der Waals surface area (Å²) in [4.78, 5) is 10.9. The lowest BCUT2D eigenvalue weighted by Crippen LogP contribution is -2.29. The number of hydrogen-bond acceptors (Lipinski definition) is 3. The number of nitrogens with two attached hydrogens (primary N) is 1. The van der Waals surface area contributed by atoms with E-state index >= 15 is 0 Å². The van der Waals surface area contributed by atoms with Gasteiger partial charge in [0.05, 0.1) is 13.0 Å². The third-order valence-corrected chi connectivity index (χ3v) is 1.44. The Balaban J connectivity index is 3.79. The van der Waals surface area contributed by atoms with Crippen molar-refractivity contribution in [1.29, 1.82) is 0 Å². The van der Waals surface area contributed by atoms with E-state index in [4.69, 9.17) is 10.5 Å². The molecule has 4 nitrogen and oxygen atoms in total. The molecule has 0 saturated heterocycles. The summed E-state index contributed by atoms with van der Waals surface area (Å²) >= 11 is 0. The zero-order valence-corrected chi connectivity index (χ0v) is 7.63. The fraction of sp³-hybridized carbons (Fsp3) is 0.875. The van der Waals surface area contributed by atoms with Gasteiger partial charge in [0.15, 0.2) is 0 Å². The third-order valence-electron chi connectivity index (χ3n) is 1.44. The Morgan fingerprint density at radius 2 is 2.08 bits per heavy atom. The molecule has 71 valence electrons. The highest BCUT2D eigenvalue weighted by molar-refractivity contribution is 5.70. The molecule has 0 heterocycles. The van der Waals surface area contributed by atoms with Crippen molar-refractivity contribution in [2.24, 2.45) is 5.73 Å². The maximum absolute atomic E-state index is 10.9. The first-order valence-corrected chi connectivity index (χ1v) is 4.02. The molecule has 0 bridgehead atoms. The standard InChI is InChI=1S/C8H16NO3/c1-8(2,4-6-10)12-7(11)3-5-9/h3-6,9H2,1-2H3. The van der Waals surface area contributed by atoms with Gasteiger partial charge in [0.2, 0.25) is 0 Å².